The summed E-state index contributed by atoms with van der Waals surface area (Å²) in [6.07, 6.45) is -2.49. The van der Waals surface area contributed by atoms with Gasteiger partial charge in [0, 0.05) is 18.4 Å². The second-order valence-electron chi connectivity index (χ2n) is 5.96. The van der Waals surface area contributed by atoms with Gasteiger partial charge < -0.3 is 0 Å². The summed E-state index contributed by atoms with van der Waals surface area (Å²) in [5, 5.41) is 8.76. The molecule has 0 N–H and O–H groups in total. The Kier molecular flexibility index (Phi) is 6.41. The van der Waals surface area contributed by atoms with E-state index in [2.05, 4.69) is 20.2 Å². The molecule has 0 saturated heterocycles. The molecule has 0 saturated carbocycles. The number of aliphatic imine (C=N–C) groups is 1. The summed E-state index contributed by atoms with van der Waals surface area (Å²) < 4.78 is 38.3. The Morgan fingerprint density at radius 3 is 2.57 bits per heavy atom. The van der Waals surface area contributed by atoms with Gasteiger partial charge in [-0.25, -0.2) is 4.98 Å². The molecular formula is C20H17F3N4S. The van der Waals surface area contributed by atoms with E-state index in [1.54, 1.807) is 6.92 Å². The molecule has 28 heavy (non-hydrogen) atoms. The maximum Gasteiger partial charge on any atom is 0.416 e. The van der Waals surface area contributed by atoms with Crippen molar-refractivity contribution < 1.29 is 13.2 Å². The lowest BCUT2D eigenvalue weighted by Crippen LogP contribution is -2.04. The molecule has 2 aromatic carbocycles. The fourth-order valence-electron chi connectivity index (χ4n) is 2.37. The molecule has 4 nitrogen and oxygen atoms in total. The van der Waals surface area contributed by atoms with Crippen LogP contribution in [0.15, 0.2) is 64.7 Å². The van der Waals surface area contributed by atoms with Crippen molar-refractivity contribution in [1.82, 2.24) is 15.2 Å². The first-order valence-corrected chi connectivity index (χ1v) is 9.47. The van der Waals surface area contributed by atoms with Gasteiger partial charge in [0.15, 0.2) is 0 Å². The third-order valence-corrected chi connectivity index (χ3v) is 4.75. The van der Waals surface area contributed by atoms with Crippen LogP contribution in [0, 0.1) is 6.92 Å². The van der Waals surface area contributed by atoms with Crippen molar-refractivity contribution in [3.63, 3.8) is 0 Å². The summed E-state index contributed by atoms with van der Waals surface area (Å²) in [5.74, 6) is 0.726. The molecule has 1 aromatic heterocycles. The highest BCUT2D eigenvalue weighted by atomic mass is 32.2. The monoisotopic (exact) mass is 402 g/mol. The van der Waals surface area contributed by atoms with Crippen molar-refractivity contribution in [2.45, 2.75) is 30.4 Å². The van der Waals surface area contributed by atoms with Crippen LogP contribution in [-0.2, 0) is 18.3 Å². The highest BCUT2D eigenvalue weighted by Gasteiger charge is 2.30. The Labute approximate surface area is 165 Å². The average Bonchev–Trinajstić information content (AvgIpc) is 2.69. The molecule has 0 spiro atoms. The normalized spacial score (nSPS) is 11.9. The van der Waals surface area contributed by atoms with Crippen molar-refractivity contribution in [2.75, 3.05) is 0 Å². The quantitative estimate of drug-likeness (QED) is 0.407. The number of alkyl halides is 3. The predicted octanol–water partition coefficient (Wildman–Crippen LogP) is 5.44. The number of rotatable bonds is 6. The highest BCUT2D eigenvalue weighted by molar-refractivity contribution is 7.98. The van der Waals surface area contributed by atoms with Gasteiger partial charge in [0.25, 0.3) is 0 Å². The third kappa shape index (κ3) is 5.63. The van der Waals surface area contributed by atoms with Crippen molar-refractivity contribution in [2.24, 2.45) is 4.99 Å². The number of thioether (sulfide) groups is 1. The first kappa shape index (κ1) is 20.0. The Morgan fingerprint density at radius 2 is 1.82 bits per heavy atom. The summed E-state index contributed by atoms with van der Waals surface area (Å²) in [7, 11) is 0. The average molecular weight is 402 g/mol. The van der Waals surface area contributed by atoms with E-state index in [-0.39, 0.29) is 5.69 Å². The van der Waals surface area contributed by atoms with Crippen LogP contribution in [0.3, 0.4) is 0 Å². The van der Waals surface area contributed by atoms with Crippen LogP contribution in [-0.4, -0.2) is 21.4 Å². The fourth-order valence-corrected chi connectivity index (χ4v) is 3.13. The number of hydrogen-bond donors (Lipinski definition) is 0. The maximum atomic E-state index is 12.8. The van der Waals surface area contributed by atoms with Gasteiger partial charge in [0.2, 0.25) is 5.16 Å². The van der Waals surface area contributed by atoms with Crippen molar-refractivity contribution in [3.05, 3.63) is 77.1 Å². The van der Waals surface area contributed by atoms with Crippen LogP contribution in [0.25, 0.3) is 0 Å². The topological polar surface area (TPSA) is 51.0 Å². The molecule has 3 aromatic rings. The number of hydrogen-bond acceptors (Lipinski definition) is 5. The Hall–Kier alpha value is -2.74. The van der Waals surface area contributed by atoms with E-state index in [0.717, 1.165) is 23.4 Å². The van der Waals surface area contributed by atoms with Gasteiger partial charge in [-0.2, -0.15) is 18.3 Å². The SMILES string of the molecule is Cc1nnc(SCc2ccccc2)nc1CC=Nc1cccc(C(F)(F)F)c1. The number of halogens is 3. The first-order chi connectivity index (χ1) is 13.4. The molecule has 8 heteroatoms. The van der Waals surface area contributed by atoms with E-state index >= 15 is 0 Å². The van der Waals surface area contributed by atoms with Crippen molar-refractivity contribution in [3.8, 4) is 0 Å². The molecule has 0 aliphatic rings. The number of aryl methyl sites for hydroxylation is 1. The van der Waals surface area contributed by atoms with Crippen LogP contribution in [0.2, 0.25) is 0 Å². The highest BCUT2D eigenvalue weighted by Crippen LogP contribution is 2.31. The van der Waals surface area contributed by atoms with Gasteiger partial charge in [-0.05, 0) is 30.7 Å². The first-order valence-electron chi connectivity index (χ1n) is 8.48. The van der Waals surface area contributed by atoms with Crippen LogP contribution >= 0.6 is 11.8 Å². The molecule has 3 rings (SSSR count). The van der Waals surface area contributed by atoms with Crippen LogP contribution in [0.4, 0.5) is 18.9 Å². The van der Waals surface area contributed by atoms with Gasteiger partial charge >= 0.3 is 6.18 Å². The van der Waals surface area contributed by atoms with Crippen LogP contribution < -0.4 is 0 Å². The zero-order chi connectivity index (χ0) is 20.0. The lowest BCUT2D eigenvalue weighted by molar-refractivity contribution is -0.137. The molecule has 1 heterocycles. The van der Waals surface area contributed by atoms with E-state index in [4.69, 9.17) is 0 Å². The third-order valence-electron chi connectivity index (χ3n) is 3.84. The summed E-state index contributed by atoms with van der Waals surface area (Å²) in [6.45, 7) is 1.79. The number of benzene rings is 2. The molecule has 0 amide bonds. The fraction of sp³-hybridized carbons (Fsp3) is 0.200. The Balaban J connectivity index is 1.66. The van der Waals surface area contributed by atoms with Crippen molar-refractivity contribution in [1.29, 1.82) is 0 Å². The van der Waals surface area contributed by atoms with E-state index < -0.39 is 11.7 Å². The molecule has 0 unspecified atom stereocenters. The summed E-state index contributed by atoms with van der Waals surface area (Å²) in [4.78, 5) is 8.61. The summed E-state index contributed by atoms with van der Waals surface area (Å²) in [6, 6.07) is 14.9. The zero-order valence-corrected chi connectivity index (χ0v) is 15.8. The minimum atomic E-state index is -4.39. The molecule has 0 aliphatic carbocycles. The van der Waals surface area contributed by atoms with Gasteiger partial charge in [-0.15, -0.1) is 5.10 Å². The predicted molar refractivity (Wildman–Crippen MR) is 104 cm³/mol. The van der Waals surface area contributed by atoms with Gasteiger partial charge in [-0.3, -0.25) is 4.99 Å². The summed E-state index contributed by atoms with van der Waals surface area (Å²) >= 11 is 1.48. The lowest BCUT2D eigenvalue weighted by Gasteiger charge is -2.06. The molecular weight excluding hydrogens is 385 g/mol. The number of aromatic nitrogens is 3. The molecule has 0 aliphatic heterocycles. The standard InChI is InChI=1S/C20H17F3N4S/c1-14-18(10-11-24-17-9-5-8-16(12-17)20(21,22)23)25-19(27-26-14)28-13-15-6-3-2-4-7-15/h2-9,11-12H,10,13H2,1H3. The van der Waals surface area contributed by atoms with E-state index in [0.29, 0.717) is 23.0 Å². The second-order valence-corrected chi connectivity index (χ2v) is 6.91. The Bertz CT molecular complexity index is 959. The van der Waals surface area contributed by atoms with Crippen molar-refractivity contribution >= 4 is 23.7 Å². The van der Waals surface area contributed by atoms with E-state index in [1.807, 2.05) is 30.3 Å². The van der Waals surface area contributed by atoms with Gasteiger partial charge in [0.1, 0.15) is 0 Å². The minimum Gasteiger partial charge on any atom is -0.261 e. The maximum absolute atomic E-state index is 12.8. The molecule has 0 bridgehead atoms. The van der Waals surface area contributed by atoms with Crippen LogP contribution in [0.1, 0.15) is 22.5 Å². The van der Waals surface area contributed by atoms with E-state index in [9.17, 15) is 13.2 Å². The second kappa shape index (κ2) is 8.97. The lowest BCUT2D eigenvalue weighted by atomic mass is 10.2. The largest absolute Gasteiger partial charge is 0.416 e. The van der Waals surface area contributed by atoms with Gasteiger partial charge in [-0.1, -0.05) is 48.2 Å². The van der Waals surface area contributed by atoms with Crippen LogP contribution in [0.5, 0.6) is 0 Å². The van der Waals surface area contributed by atoms with Gasteiger partial charge in [0.05, 0.1) is 22.6 Å². The summed E-state index contributed by atoms with van der Waals surface area (Å²) in [5.41, 5.74) is 2.04. The number of nitrogens with zero attached hydrogens (tertiary/aromatic N) is 4. The molecule has 0 atom stereocenters. The smallest absolute Gasteiger partial charge is 0.261 e. The molecule has 144 valence electrons. The molecule has 0 radical (unpaired) electrons. The zero-order valence-electron chi connectivity index (χ0n) is 15.0. The van der Waals surface area contributed by atoms with E-state index in [1.165, 1.54) is 30.1 Å². The Morgan fingerprint density at radius 1 is 1.04 bits per heavy atom. The minimum absolute atomic E-state index is 0.244. The molecule has 0 fully saturated rings.